The van der Waals surface area contributed by atoms with Crippen LogP contribution in [0.4, 0.5) is 0 Å². The molecule has 2 atom stereocenters. The molecule has 4 heteroatoms. The van der Waals surface area contributed by atoms with Gasteiger partial charge < -0.3 is 20.1 Å². The van der Waals surface area contributed by atoms with Gasteiger partial charge >= 0.3 is 0 Å². The van der Waals surface area contributed by atoms with Crippen molar-refractivity contribution in [2.24, 2.45) is 0 Å². The molecule has 0 radical (unpaired) electrons. The standard InChI is InChI=1S/C11H15NO3/c13-10-7-12(15,8-11(10)14)6-9-4-2-1-3-5-9/h1-5,10-11,13-14H,6-8H2/t10-,11-/m0/s1. The predicted molar refractivity (Wildman–Crippen MR) is 55.5 cm³/mol. The lowest BCUT2D eigenvalue weighted by atomic mass is 10.2. The Hall–Kier alpha value is -0.940. The smallest absolute Gasteiger partial charge is 0.134 e. The zero-order valence-electron chi connectivity index (χ0n) is 8.41. The highest BCUT2D eigenvalue weighted by molar-refractivity contribution is 5.13. The minimum atomic E-state index is -0.883. The quantitative estimate of drug-likeness (QED) is 0.541. The summed E-state index contributed by atoms with van der Waals surface area (Å²) in [6.07, 6.45) is -1.77. The van der Waals surface area contributed by atoms with Crippen LogP contribution in [-0.2, 0) is 6.54 Å². The first kappa shape index (κ1) is 10.6. The van der Waals surface area contributed by atoms with Gasteiger partial charge in [0.05, 0.1) is 0 Å². The third-order valence-electron chi connectivity index (χ3n) is 2.80. The normalized spacial score (nSPS) is 29.3. The second-order valence-corrected chi connectivity index (χ2v) is 4.20. The van der Waals surface area contributed by atoms with Gasteiger partial charge in [-0.15, -0.1) is 0 Å². The highest BCUT2D eigenvalue weighted by Gasteiger charge is 2.38. The Labute approximate surface area is 88.6 Å². The molecule has 0 saturated carbocycles. The van der Waals surface area contributed by atoms with Gasteiger partial charge in [-0.05, 0) is 0 Å². The summed E-state index contributed by atoms with van der Waals surface area (Å²) in [5.74, 6) is 0. The summed E-state index contributed by atoms with van der Waals surface area (Å²) in [7, 11) is 0. The summed E-state index contributed by atoms with van der Waals surface area (Å²) in [4.78, 5) is 0. The Morgan fingerprint density at radius 3 is 2.20 bits per heavy atom. The molecule has 1 aliphatic heterocycles. The van der Waals surface area contributed by atoms with E-state index < -0.39 is 16.9 Å². The molecule has 1 fully saturated rings. The van der Waals surface area contributed by atoms with Gasteiger partial charge in [-0.3, -0.25) is 0 Å². The van der Waals surface area contributed by atoms with Gasteiger partial charge in [0.15, 0.2) is 0 Å². The molecule has 4 nitrogen and oxygen atoms in total. The molecule has 0 aliphatic carbocycles. The first-order valence-corrected chi connectivity index (χ1v) is 5.06. The van der Waals surface area contributed by atoms with Crippen molar-refractivity contribution in [1.82, 2.24) is 0 Å². The van der Waals surface area contributed by atoms with Crippen LogP contribution in [0.25, 0.3) is 0 Å². The first-order chi connectivity index (χ1) is 7.09. The van der Waals surface area contributed by atoms with Crippen molar-refractivity contribution in [2.45, 2.75) is 18.8 Å². The van der Waals surface area contributed by atoms with Crippen molar-refractivity contribution in [3.05, 3.63) is 41.1 Å². The largest absolute Gasteiger partial charge is 0.632 e. The van der Waals surface area contributed by atoms with Gasteiger partial charge in [0.25, 0.3) is 0 Å². The molecule has 1 aromatic rings. The number of aliphatic hydroxyl groups is 2. The Balaban J connectivity index is 2.06. The van der Waals surface area contributed by atoms with Crippen LogP contribution >= 0.6 is 0 Å². The molecule has 2 rings (SSSR count). The van der Waals surface area contributed by atoms with E-state index in [4.69, 9.17) is 0 Å². The van der Waals surface area contributed by atoms with Gasteiger partial charge in [0, 0.05) is 5.56 Å². The van der Waals surface area contributed by atoms with Crippen molar-refractivity contribution in [2.75, 3.05) is 13.1 Å². The molecule has 0 unspecified atom stereocenters. The van der Waals surface area contributed by atoms with Gasteiger partial charge in [0.2, 0.25) is 0 Å². The lowest BCUT2D eigenvalue weighted by Crippen LogP contribution is -2.39. The molecule has 0 bridgehead atoms. The van der Waals surface area contributed by atoms with Crippen molar-refractivity contribution < 1.29 is 14.9 Å². The van der Waals surface area contributed by atoms with E-state index in [1.165, 1.54) is 0 Å². The fourth-order valence-electron chi connectivity index (χ4n) is 2.04. The maximum Gasteiger partial charge on any atom is 0.134 e. The summed E-state index contributed by atoms with van der Waals surface area (Å²) in [6, 6.07) is 9.42. The van der Waals surface area contributed by atoms with Crippen molar-refractivity contribution in [1.29, 1.82) is 0 Å². The van der Waals surface area contributed by atoms with Gasteiger partial charge in [-0.25, -0.2) is 0 Å². The molecule has 15 heavy (non-hydrogen) atoms. The summed E-state index contributed by atoms with van der Waals surface area (Å²) in [5, 5.41) is 30.8. The van der Waals surface area contributed by atoms with Gasteiger partial charge in [0.1, 0.15) is 31.8 Å². The number of hydroxylamine groups is 3. The van der Waals surface area contributed by atoms with E-state index in [2.05, 4.69) is 0 Å². The highest BCUT2D eigenvalue weighted by Crippen LogP contribution is 2.22. The summed E-state index contributed by atoms with van der Waals surface area (Å²) in [6.45, 7) is 0.473. The minimum Gasteiger partial charge on any atom is -0.632 e. The first-order valence-electron chi connectivity index (χ1n) is 5.06. The Morgan fingerprint density at radius 2 is 1.67 bits per heavy atom. The maximum absolute atomic E-state index is 12.1. The molecule has 1 saturated heterocycles. The van der Waals surface area contributed by atoms with Gasteiger partial charge in [-0.2, -0.15) is 0 Å². The Kier molecular flexibility index (Phi) is 2.75. The topological polar surface area (TPSA) is 63.5 Å². The van der Waals surface area contributed by atoms with Crippen LogP contribution in [0.2, 0.25) is 0 Å². The Morgan fingerprint density at radius 1 is 1.13 bits per heavy atom. The van der Waals surface area contributed by atoms with Crippen LogP contribution in [0.5, 0.6) is 0 Å². The number of aliphatic hydroxyl groups excluding tert-OH is 2. The number of hydrogen-bond acceptors (Lipinski definition) is 3. The van der Waals surface area contributed by atoms with Crippen LogP contribution in [-0.4, -0.2) is 40.2 Å². The molecular formula is C11H15NO3. The minimum absolute atomic E-state index is 0.0794. The fourth-order valence-corrected chi connectivity index (χ4v) is 2.04. The van der Waals surface area contributed by atoms with E-state index in [1.54, 1.807) is 0 Å². The molecule has 82 valence electrons. The lowest BCUT2D eigenvalue weighted by Gasteiger charge is -2.38. The van der Waals surface area contributed by atoms with Gasteiger partial charge in [-0.1, -0.05) is 30.3 Å². The number of likely N-dealkylation sites (tertiary alicyclic amines) is 1. The number of quaternary nitrogens is 1. The van der Waals surface area contributed by atoms with Crippen LogP contribution in [0.3, 0.4) is 0 Å². The molecule has 0 amide bonds. The van der Waals surface area contributed by atoms with E-state index in [0.29, 0.717) is 6.54 Å². The molecule has 1 aromatic carbocycles. The highest BCUT2D eigenvalue weighted by atomic mass is 16.6. The zero-order chi connectivity index (χ0) is 10.9. The second-order valence-electron chi connectivity index (χ2n) is 4.20. The van der Waals surface area contributed by atoms with Crippen LogP contribution < -0.4 is 0 Å². The number of benzene rings is 1. The number of rotatable bonds is 2. The number of hydrogen-bond donors (Lipinski definition) is 2. The SMILES string of the molecule is [O-][N+]1(Cc2ccccc2)C[C@H](O)[C@@H](O)C1. The third kappa shape index (κ3) is 2.35. The van der Waals surface area contributed by atoms with E-state index in [9.17, 15) is 15.4 Å². The average Bonchev–Trinajstić information content (AvgIpc) is 2.42. The van der Waals surface area contributed by atoms with Crippen LogP contribution in [0.15, 0.2) is 30.3 Å². The zero-order valence-corrected chi connectivity index (χ0v) is 8.41. The van der Waals surface area contributed by atoms with Crippen LogP contribution in [0, 0.1) is 5.21 Å². The summed E-state index contributed by atoms with van der Waals surface area (Å²) < 4.78 is -0.535. The average molecular weight is 209 g/mol. The molecular weight excluding hydrogens is 194 g/mol. The fraction of sp³-hybridized carbons (Fsp3) is 0.455. The van der Waals surface area contributed by atoms with Crippen LogP contribution in [0.1, 0.15) is 5.56 Å². The lowest BCUT2D eigenvalue weighted by molar-refractivity contribution is -0.884. The van der Waals surface area contributed by atoms with E-state index in [1.807, 2.05) is 30.3 Å². The monoisotopic (exact) mass is 209 g/mol. The van der Waals surface area contributed by atoms with Crippen molar-refractivity contribution >= 4 is 0 Å². The maximum atomic E-state index is 12.1. The van der Waals surface area contributed by atoms with E-state index in [-0.39, 0.29) is 13.1 Å². The third-order valence-corrected chi connectivity index (χ3v) is 2.80. The molecule has 1 heterocycles. The molecule has 0 spiro atoms. The predicted octanol–water partition coefficient (Wildman–Crippen LogP) is 0.237. The van der Waals surface area contributed by atoms with Crippen molar-refractivity contribution in [3.8, 4) is 0 Å². The number of nitrogens with zero attached hydrogens (tertiary/aromatic N) is 1. The van der Waals surface area contributed by atoms with E-state index in [0.717, 1.165) is 5.56 Å². The molecule has 2 N–H and O–H groups in total. The summed E-state index contributed by atoms with van der Waals surface area (Å²) >= 11 is 0. The second kappa shape index (κ2) is 3.90. The molecule has 0 aromatic heterocycles. The van der Waals surface area contributed by atoms with Crippen molar-refractivity contribution in [3.63, 3.8) is 0 Å². The Bertz CT molecular complexity index is 318. The molecule has 1 aliphatic rings. The summed E-state index contributed by atoms with van der Waals surface area (Å²) in [5.41, 5.74) is 0.939. The van der Waals surface area contributed by atoms with E-state index >= 15 is 0 Å².